The van der Waals surface area contributed by atoms with E-state index in [0.29, 0.717) is 26.4 Å². The van der Waals surface area contributed by atoms with E-state index in [9.17, 15) is 9.59 Å². The van der Waals surface area contributed by atoms with E-state index in [1.807, 2.05) is 67.6 Å². The van der Waals surface area contributed by atoms with Gasteiger partial charge in [0.25, 0.3) is 5.56 Å². The smallest absolute Gasteiger partial charge is 0.338 e. The maximum absolute atomic E-state index is 13.8. The molecular formula is C28H26N2O5S. The van der Waals surface area contributed by atoms with Gasteiger partial charge in [0, 0.05) is 5.56 Å². The number of thiazole rings is 1. The molecule has 3 aromatic rings. The number of hydrogen-bond acceptors (Lipinski definition) is 7. The predicted octanol–water partition coefficient (Wildman–Crippen LogP) is 3.62. The van der Waals surface area contributed by atoms with Gasteiger partial charge in [0.15, 0.2) is 4.80 Å². The summed E-state index contributed by atoms with van der Waals surface area (Å²) in [7, 11) is 1.59. The molecule has 0 aliphatic carbocycles. The van der Waals surface area contributed by atoms with E-state index in [2.05, 4.69) is 4.99 Å². The van der Waals surface area contributed by atoms with Gasteiger partial charge in [-0.3, -0.25) is 9.36 Å². The third kappa shape index (κ3) is 4.18. The number of para-hydroxylation sites is 1. The van der Waals surface area contributed by atoms with Gasteiger partial charge in [0.05, 0.1) is 35.6 Å². The van der Waals surface area contributed by atoms with Crippen LogP contribution in [0.3, 0.4) is 0 Å². The van der Waals surface area contributed by atoms with E-state index >= 15 is 0 Å². The number of nitrogens with zero attached hydrogens (tertiary/aromatic N) is 2. The van der Waals surface area contributed by atoms with Gasteiger partial charge in [-0.2, -0.15) is 0 Å². The molecule has 36 heavy (non-hydrogen) atoms. The molecule has 0 bridgehead atoms. The fourth-order valence-electron chi connectivity index (χ4n) is 4.47. The Morgan fingerprint density at radius 1 is 1.19 bits per heavy atom. The number of allylic oxidation sites excluding steroid dienone is 1. The van der Waals surface area contributed by atoms with Crippen molar-refractivity contribution >= 4 is 29.5 Å². The van der Waals surface area contributed by atoms with Gasteiger partial charge in [-0.05, 0) is 62.3 Å². The number of methoxy groups -OCH3 is 1. The largest absolute Gasteiger partial charge is 0.497 e. The summed E-state index contributed by atoms with van der Waals surface area (Å²) in [6.07, 6.45) is 3.68. The van der Waals surface area contributed by atoms with Crippen molar-refractivity contribution in [2.45, 2.75) is 32.9 Å². The fraction of sp³-hybridized carbons (Fsp3) is 0.250. The molecule has 0 spiro atoms. The van der Waals surface area contributed by atoms with E-state index in [4.69, 9.17) is 14.2 Å². The number of hydrogen-bond donors (Lipinski definition) is 0. The minimum absolute atomic E-state index is 0.215. The van der Waals surface area contributed by atoms with Crippen molar-refractivity contribution in [2.24, 2.45) is 4.99 Å². The summed E-state index contributed by atoms with van der Waals surface area (Å²) >= 11 is 1.30. The van der Waals surface area contributed by atoms with E-state index < -0.39 is 12.0 Å². The van der Waals surface area contributed by atoms with Gasteiger partial charge in [-0.25, -0.2) is 9.79 Å². The fourth-order valence-corrected chi connectivity index (χ4v) is 5.51. The monoisotopic (exact) mass is 502 g/mol. The lowest BCUT2D eigenvalue weighted by atomic mass is 9.96. The number of carbonyl (C=O) groups is 1. The second-order valence-electron chi connectivity index (χ2n) is 8.52. The SMILES string of the molecule is CCOC(=O)C1=C(C)N=c2s/c(=C\C3=Cc4ccccc4O[C@H]3C)c(=O)n2[C@H]1c1ccc(OC)cc1. The van der Waals surface area contributed by atoms with Crippen LogP contribution in [0, 0.1) is 0 Å². The summed E-state index contributed by atoms with van der Waals surface area (Å²) in [5.41, 5.74) is 3.28. The molecule has 0 unspecified atom stereocenters. The van der Waals surface area contributed by atoms with E-state index in [1.54, 1.807) is 25.5 Å². The van der Waals surface area contributed by atoms with E-state index in [1.165, 1.54) is 11.3 Å². The molecule has 0 saturated carbocycles. The number of rotatable bonds is 5. The maximum atomic E-state index is 13.8. The summed E-state index contributed by atoms with van der Waals surface area (Å²) in [4.78, 5) is 32.0. The van der Waals surface area contributed by atoms with Crippen molar-refractivity contribution in [1.29, 1.82) is 0 Å². The quantitative estimate of drug-likeness (QED) is 0.498. The summed E-state index contributed by atoms with van der Waals surface area (Å²) in [6, 6.07) is 14.5. The Morgan fingerprint density at radius 3 is 2.67 bits per heavy atom. The van der Waals surface area contributed by atoms with Crippen LogP contribution in [-0.2, 0) is 9.53 Å². The Morgan fingerprint density at radius 2 is 1.94 bits per heavy atom. The molecule has 2 atom stereocenters. The van der Waals surface area contributed by atoms with Gasteiger partial charge in [-0.15, -0.1) is 0 Å². The van der Waals surface area contributed by atoms with Crippen LogP contribution in [-0.4, -0.2) is 30.4 Å². The van der Waals surface area contributed by atoms with Crippen LogP contribution in [0.1, 0.15) is 37.9 Å². The second kappa shape index (κ2) is 9.62. The summed E-state index contributed by atoms with van der Waals surface area (Å²) < 4.78 is 18.8. The molecule has 3 heterocycles. The summed E-state index contributed by atoms with van der Waals surface area (Å²) in [5, 5.41) is 0. The summed E-state index contributed by atoms with van der Waals surface area (Å²) in [6.45, 7) is 5.71. The van der Waals surface area contributed by atoms with Crippen molar-refractivity contribution in [3.8, 4) is 11.5 Å². The lowest BCUT2D eigenvalue weighted by molar-refractivity contribution is -0.139. The zero-order valence-electron chi connectivity index (χ0n) is 20.5. The maximum Gasteiger partial charge on any atom is 0.338 e. The molecule has 0 fully saturated rings. The predicted molar refractivity (Wildman–Crippen MR) is 139 cm³/mol. The highest BCUT2D eigenvalue weighted by atomic mass is 32.1. The van der Waals surface area contributed by atoms with Crippen LogP contribution in [0.4, 0.5) is 0 Å². The standard InChI is InChI=1S/C28H26N2O5S/c1-5-34-27(32)24-16(2)29-28-30(25(24)18-10-12-21(33-4)13-11-18)26(31)23(36-28)15-20-14-19-8-6-7-9-22(19)35-17(20)3/h6-15,17,25H,5H2,1-4H3/b23-15-/t17-,25-/m0/s1. The van der Waals surface area contributed by atoms with Crippen molar-refractivity contribution in [3.63, 3.8) is 0 Å². The van der Waals surface area contributed by atoms with Crippen molar-refractivity contribution in [1.82, 2.24) is 4.57 Å². The number of esters is 1. The normalized spacial score (nSPS) is 19.0. The Hall–Kier alpha value is -3.91. The minimum Gasteiger partial charge on any atom is -0.497 e. The van der Waals surface area contributed by atoms with E-state index in [-0.39, 0.29) is 18.3 Å². The van der Waals surface area contributed by atoms with Gasteiger partial charge in [0.1, 0.15) is 17.6 Å². The number of ether oxygens (including phenoxy) is 3. The van der Waals surface area contributed by atoms with Gasteiger partial charge >= 0.3 is 5.97 Å². The van der Waals surface area contributed by atoms with Crippen LogP contribution < -0.4 is 24.4 Å². The lowest BCUT2D eigenvalue weighted by Gasteiger charge is -2.24. The molecule has 2 aromatic carbocycles. The first kappa shape index (κ1) is 23.8. The Labute approximate surface area is 212 Å². The van der Waals surface area contributed by atoms with Gasteiger partial charge < -0.3 is 14.2 Å². The zero-order chi connectivity index (χ0) is 25.4. The first-order valence-electron chi connectivity index (χ1n) is 11.7. The molecular weight excluding hydrogens is 476 g/mol. The van der Waals surface area contributed by atoms with E-state index in [0.717, 1.165) is 22.4 Å². The molecule has 0 saturated heterocycles. The van der Waals surface area contributed by atoms with Crippen molar-refractivity contribution < 1.29 is 19.0 Å². The van der Waals surface area contributed by atoms with Crippen molar-refractivity contribution in [3.05, 3.63) is 96.2 Å². The lowest BCUT2D eigenvalue weighted by Crippen LogP contribution is -2.40. The van der Waals surface area contributed by atoms with Crippen LogP contribution >= 0.6 is 11.3 Å². The third-order valence-electron chi connectivity index (χ3n) is 6.26. The molecule has 8 heteroatoms. The molecule has 0 amide bonds. The first-order valence-corrected chi connectivity index (χ1v) is 12.5. The first-order chi connectivity index (χ1) is 17.4. The molecule has 2 aliphatic heterocycles. The molecule has 1 aromatic heterocycles. The Bertz CT molecular complexity index is 1580. The highest BCUT2D eigenvalue weighted by molar-refractivity contribution is 7.07. The van der Waals surface area contributed by atoms with Crippen LogP contribution in [0.25, 0.3) is 12.2 Å². The van der Waals surface area contributed by atoms with Crippen molar-refractivity contribution in [2.75, 3.05) is 13.7 Å². The Kier molecular flexibility index (Phi) is 6.36. The molecule has 2 aliphatic rings. The Balaban J connectivity index is 1.68. The molecule has 0 N–H and O–H groups in total. The number of aromatic nitrogens is 1. The highest BCUT2D eigenvalue weighted by Gasteiger charge is 2.33. The molecule has 0 radical (unpaired) electrons. The second-order valence-corrected chi connectivity index (χ2v) is 9.53. The highest BCUT2D eigenvalue weighted by Crippen LogP contribution is 2.32. The average molecular weight is 503 g/mol. The number of benzene rings is 2. The average Bonchev–Trinajstić information content (AvgIpc) is 3.18. The van der Waals surface area contributed by atoms with Crippen LogP contribution in [0.15, 0.2) is 75.2 Å². The molecule has 7 nitrogen and oxygen atoms in total. The number of fused-ring (bicyclic) bond motifs is 2. The van der Waals surface area contributed by atoms with Crippen LogP contribution in [0.2, 0.25) is 0 Å². The van der Waals surface area contributed by atoms with Crippen LogP contribution in [0.5, 0.6) is 11.5 Å². The molecule has 184 valence electrons. The summed E-state index contributed by atoms with van der Waals surface area (Å²) in [5.74, 6) is 1.02. The number of carbonyl (C=O) groups excluding carboxylic acids is 1. The third-order valence-corrected chi connectivity index (χ3v) is 7.24. The van der Waals surface area contributed by atoms with Gasteiger partial charge in [0.2, 0.25) is 0 Å². The topological polar surface area (TPSA) is 79.1 Å². The minimum atomic E-state index is -0.664. The zero-order valence-corrected chi connectivity index (χ0v) is 21.3. The molecule has 5 rings (SSSR count). The van der Waals surface area contributed by atoms with Gasteiger partial charge in [-0.1, -0.05) is 41.7 Å².